The van der Waals surface area contributed by atoms with Crippen LogP contribution in [-0.2, 0) is 22.5 Å². The van der Waals surface area contributed by atoms with Crippen LogP contribution in [0, 0.1) is 0 Å². The molecule has 1 saturated heterocycles. The maximum Gasteiger partial charge on any atom is 0.157 e. The number of hydrogen-bond acceptors (Lipinski definition) is 4. The molecule has 190 valence electrons. The first-order valence-corrected chi connectivity index (χ1v) is 13.0. The predicted molar refractivity (Wildman–Crippen MR) is 146 cm³/mol. The molecule has 4 atom stereocenters. The maximum absolute atomic E-state index is 11.6. The van der Waals surface area contributed by atoms with Crippen molar-refractivity contribution in [2.24, 2.45) is 0 Å². The summed E-state index contributed by atoms with van der Waals surface area (Å²) in [6.07, 6.45) is -0.0837. The van der Waals surface area contributed by atoms with E-state index in [2.05, 4.69) is 24.3 Å². The summed E-state index contributed by atoms with van der Waals surface area (Å²) in [6.45, 7) is 4.45. The summed E-state index contributed by atoms with van der Waals surface area (Å²) in [5.41, 5.74) is 2.57. The van der Waals surface area contributed by atoms with Crippen molar-refractivity contribution in [3.05, 3.63) is 131 Å². The Morgan fingerprint density at radius 3 is 2.08 bits per heavy atom. The van der Waals surface area contributed by atoms with Gasteiger partial charge in [0.1, 0.15) is 23.7 Å². The highest BCUT2D eigenvalue weighted by atomic mass is 16.6. The van der Waals surface area contributed by atoms with E-state index < -0.39 is 17.3 Å². The summed E-state index contributed by atoms with van der Waals surface area (Å²) in [7, 11) is 1.66. The molecule has 0 spiro atoms. The normalized spacial score (nSPS) is 25.4. The van der Waals surface area contributed by atoms with Crippen LogP contribution in [0.3, 0.4) is 0 Å². The zero-order valence-electron chi connectivity index (χ0n) is 21.6. The van der Waals surface area contributed by atoms with E-state index in [0.717, 1.165) is 33.8 Å². The first kappa shape index (κ1) is 25.1. The van der Waals surface area contributed by atoms with Gasteiger partial charge in [-0.15, -0.1) is 0 Å². The predicted octanol–water partition coefficient (Wildman–Crippen LogP) is 6.97. The number of aliphatic hydroxyl groups excluding tert-OH is 1. The number of aliphatic hydroxyl groups is 1. The van der Waals surface area contributed by atoms with E-state index in [1.54, 1.807) is 7.11 Å². The molecule has 0 amide bonds. The van der Waals surface area contributed by atoms with Crippen LogP contribution in [0.2, 0.25) is 0 Å². The third kappa shape index (κ3) is 4.11. The molecule has 4 unspecified atom stereocenters. The zero-order chi connectivity index (χ0) is 25.9. The summed E-state index contributed by atoms with van der Waals surface area (Å²) >= 11 is 0. The van der Waals surface area contributed by atoms with Gasteiger partial charge >= 0.3 is 0 Å². The molecule has 1 saturated carbocycles. The summed E-state index contributed by atoms with van der Waals surface area (Å²) in [5, 5.41) is 11.6. The lowest BCUT2D eigenvalue weighted by Gasteiger charge is -2.23. The lowest BCUT2D eigenvalue weighted by atomic mass is 9.77. The Morgan fingerprint density at radius 2 is 1.41 bits per heavy atom. The van der Waals surface area contributed by atoms with E-state index in [1.165, 1.54) is 0 Å². The van der Waals surface area contributed by atoms with Crippen molar-refractivity contribution in [2.45, 2.75) is 50.1 Å². The largest absolute Gasteiger partial charge is 0.497 e. The number of rotatable bonds is 7. The van der Waals surface area contributed by atoms with Gasteiger partial charge in [-0.1, -0.05) is 105 Å². The fourth-order valence-corrected chi connectivity index (χ4v) is 5.87. The van der Waals surface area contributed by atoms with Crippen LogP contribution in [0.1, 0.15) is 48.4 Å². The molecular weight excluding hydrogens is 460 g/mol. The van der Waals surface area contributed by atoms with Crippen molar-refractivity contribution in [1.82, 2.24) is 0 Å². The fraction of sp³-hybridized carbons (Fsp3) is 0.273. The smallest absolute Gasteiger partial charge is 0.157 e. The molecule has 0 radical (unpaired) electrons. The number of benzene rings is 4. The molecule has 4 heteroatoms. The standard InChI is InChI=1S/C31H28O4.C2H6/c1-33-25-18-16-24(17-19-25)30-27(23-12-6-3-7-13-23)20-29(32)31(30,35-30)26-14-8-9-15-28(26)34-21-22-10-4-2-5-11-22;1-2/h2-19,27,29,32H,20-21H2,1H3;1-2H3. The van der Waals surface area contributed by atoms with Crippen molar-refractivity contribution in [2.75, 3.05) is 7.11 Å². The number of methoxy groups -OCH3 is 1. The van der Waals surface area contributed by atoms with Crippen LogP contribution in [0.15, 0.2) is 109 Å². The quantitative estimate of drug-likeness (QED) is 0.282. The molecule has 1 aliphatic heterocycles. The molecule has 4 aromatic rings. The molecule has 37 heavy (non-hydrogen) atoms. The topological polar surface area (TPSA) is 51.2 Å². The zero-order valence-corrected chi connectivity index (χ0v) is 21.6. The molecule has 4 aromatic carbocycles. The summed E-state index contributed by atoms with van der Waals surface area (Å²) in [4.78, 5) is 0. The Bertz CT molecular complexity index is 1310. The highest BCUT2D eigenvalue weighted by Gasteiger charge is 2.82. The van der Waals surface area contributed by atoms with Crippen LogP contribution >= 0.6 is 0 Å². The molecule has 4 nitrogen and oxygen atoms in total. The molecule has 1 aliphatic carbocycles. The minimum absolute atomic E-state index is 0.00530. The third-order valence-corrected chi connectivity index (χ3v) is 7.50. The van der Waals surface area contributed by atoms with Crippen LogP contribution in [-0.4, -0.2) is 18.3 Å². The van der Waals surface area contributed by atoms with E-state index in [0.29, 0.717) is 13.0 Å². The average Bonchev–Trinajstić information content (AvgIpc) is 3.62. The van der Waals surface area contributed by atoms with Gasteiger partial charge in [0, 0.05) is 11.5 Å². The first-order valence-electron chi connectivity index (χ1n) is 13.0. The minimum Gasteiger partial charge on any atom is -0.497 e. The minimum atomic E-state index is -0.893. The van der Waals surface area contributed by atoms with Crippen molar-refractivity contribution in [3.63, 3.8) is 0 Å². The van der Waals surface area contributed by atoms with Crippen molar-refractivity contribution in [3.8, 4) is 11.5 Å². The third-order valence-electron chi connectivity index (χ3n) is 7.50. The summed E-state index contributed by atoms with van der Waals surface area (Å²) in [6, 6.07) is 36.4. The van der Waals surface area contributed by atoms with Crippen LogP contribution < -0.4 is 9.47 Å². The van der Waals surface area contributed by atoms with Gasteiger partial charge in [0.2, 0.25) is 0 Å². The lowest BCUT2D eigenvalue weighted by molar-refractivity contribution is 0.0521. The van der Waals surface area contributed by atoms with E-state index >= 15 is 0 Å². The molecule has 2 aliphatic rings. The maximum atomic E-state index is 11.6. The molecule has 2 fully saturated rings. The van der Waals surface area contributed by atoms with Gasteiger partial charge in [0.05, 0.1) is 13.2 Å². The Kier molecular flexibility index (Phi) is 7.05. The van der Waals surface area contributed by atoms with Crippen LogP contribution in [0.4, 0.5) is 0 Å². The second-order valence-electron chi connectivity index (χ2n) is 9.29. The molecule has 0 bridgehead atoms. The molecule has 6 rings (SSSR count). The lowest BCUT2D eigenvalue weighted by Crippen LogP contribution is -2.28. The Morgan fingerprint density at radius 1 is 0.784 bits per heavy atom. The Hall–Kier alpha value is -3.60. The van der Waals surface area contributed by atoms with Crippen LogP contribution in [0.25, 0.3) is 0 Å². The first-order chi connectivity index (χ1) is 18.2. The summed E-state index contributed by atoms with van der Waals surface area (Å²) < 4.78 is 18.5. The number of hydrogen-bond donors (Lipinski definition) is 1. The summed E-state index contributed by atoms with van der Waals surface area (Å²) in [5.74, 6) is 1.52. The van der Waals surface area contributed by atoms with Gasteiger partial charge in [0.15, 0.2) is 5.60 Å². The van der Waals surface area contributed by atoms with Crippen molar-refractivity contribution >= 4 is 0 Å². The van der Waals surface area contributed by atoms with Crippen LogP contribution in [0.5, 0.6) is 11.5 Å². The fourth-order valence-electron chi connectivity index (χ4n) is 5.87. The number of para-hydroxylation sites is 1. The van der Waals surface area contributed by atoms with Gasteiger partial charge in [-0.3, -0.25) is 0 Å². The Labute approximate surface area is 219 Å². The number of fused-ring (bicyclic) bond motifs is 1. The van der Waals surface area contributed by atoms with E-state index in [1.807, 2.05) is 98.8 Å². The molecule has 1 N–H and O–H groups in total. The Balaban J connectivity index is 0.00000137. The van der Waals surface area contributed by atoms with Crippen molar-refractivity contribution < 1.29 is 19.3 Å². The van der Waals surface area contributed by atoms with Gasteiger partial charge in [-0.05, 0) is 41.3 Å². The number of epoxide rings is 1. The SMILES string of the molecule is CC.COc1ccc(C23OC2(c2ccccc2OCc2ccccc2)C(O)CC3c2ccccc2)cc1. The average molecular weight is 495 g/mol. The van der Waals surface area contributed by atoms with Gasteiger partial charge < -0.3 is 19.3 Å². The van der Waals surface area contributed by atoms with E-state index in [9.17, 15) is 5.11 Å². The van der Waals surface area contributed by atoms with E-state index in [4.69, 9.17) is 14.2 Å². The van der Waals surface area contributed by atoms with Crippen molar-refractivity contribution in [1.29, 1.82) is 0 Å². The van der Waals surface area contributed by atoms with E-state index in [-0.39, 0.29) is 5.92 Å². The monoisotopic (exact) mass is 494 g/mol. The second kappa shape index (κ2) is 10.4. The van der Waals surface area contributed by atoms with Gasteiger partial charge in [-0.25, -0.2) is 0 Å². The highest BCUT2D eigenvalue weighted by molar-refractivity contribution is 5.55. The molecule has 1 heterocycles. The second-order valence-corrected chi connectivity index (χ2v) is 9.29. The molecule has 0 aromatic heterocycles. The highest BCUT2D eigenvalue weighted by Crippen LogP contribution is 2.76. The molecular formula is C33H34O4. The van der Waals surface area contributed by atoms with Gasteiger partial charge in [0.25, 0.3) is 0 Å². The number of ether oxygens (including phenoxy) is 3. The van der Waals surface area contributed by atoms with Gasteiger partial charge in [-0.2, -0.15) is 0 Å².